The molecule has 2 aromatic heterocycles. The van der Waals surface area contributed by atoms with Crippen molar-refractivity contribution in [3.05, 3.63) is 84.6 Å². The lowest BCUT2D eigenvalue weighted by Crippen LogP contribution is -2.41. The van der Waals surface area contributed by atoms with Crippen molar-refractivity contribution >= 4 is 16.9 Å². The van der Waals surface area contributed by atoms with Gasteiger partial charge in [-0.1, -0.05) is 12.1 Å². The average molecular weight is 469 g/mol. The molecule has 1 saturated heterocycles. The lowest BCUT2D eigenvalue weighted by molar-refractivity contribution is -0.696. The fourth-order valence-corrected chi connectivity index (χ4v) is 4.20. The summed E-state index contributed by atoms with van der Waals surface area (Å²) in [6.07, 6.45) is 1.04. The summed E-state index contributed by atoms with van der Waals surface area (Å²) in [4.78, 5) is 13.4. The Labute approximate surface area is 192 Å². The molecule has 0 bridgehead atoms. The average Bonchev–Trinajstić information content (AvgIpc) is 3.41. The van der Waals surface area contributed by atoms with Gasteiger partial charge in [0.1, 0.15) is 5.82 Å². The van der Waals surface area contributed by atoms with Gasteiger partial charge in [0.25, 0.3) is 0 Å². The molecule has 0 atom stereocenters. The highest BCUT2D eigenvalue weighted by Gasteiger charge is 2.31. The topological polar surface area (TPSA) is 41.2 Å². The van der Waals surface area contributed by atoms with E-state index in [1.807, 2.05) is 33.7 Å². The fourth-order valence-electron chi connectivity index (χ4n) is 4.20. The molecule has 4 aromatic rings. The van der Waals surface area contributed by atoms with Crippen LogP contribution in [0.25, 0.3) is 27.7 Å². The first-order valence-electron chi connectivity index (χ1n) is 10.8. The number of nitrogens with one attached hydrogen (secondary N) is 1. The highest BCUT2D eigenvalue weighted by Crippen LogP contribution is 2.37. The van der Waals surface area contributed by atoms with E-state index in [0.29, 0.717) is 48.2 Å². The maximum Gasteiger partial charge on any atom is 0.416 e. The minimum Gasteiger partial charge on any atom is -0.336 e. The molecule has 1 aliphatic heterocycles. The third-order valence-electron chi connectivity index (χ3n) is 6.01. The van der Waals surface area contributed by atoms with Crippen molar-refractivity contribution < 1.29 is 26.9 Å². The molecule has 2 amide bonds. The zero-order valence-electron chi connectivity index (χ0n) is 18.0. The summed E-state index contributed by atoms with van der Waals surface area (Å²) in [5.74, 6) is -0.414. The van der Waals surface area contributed by atoms with Gasteiger partial charge in [-0.3, -0.25) is 0 Å². The van der Waals surface area contributed by atoms with E-state index in [0.717, 1.165) is 17.8 Å². The van der Waals surface area contributed by atoms with E-state index >= 15 is 0 Å². The Hall–Kier alpha value is -3.88. The molecule has 0 spiro atoms. The van der Waals surface area contributed by atoms with Crippen molar-refractivity contribution in [3.63, 3.8) is 0 Å². The number of pyridine rings is 1. The highest BCUT2D eigenvalue weighted by atomic mass is 19.4. The van der Waals surface area contributed by atoms with Crippen molar-refractivity contribution in [3.8, 4) is 16.8 Å². The lowest BCUT2D eigenvalue weighted by Gasteiger charge is -2.11. The van der Waals surface area contributed by atoms with Gasteiger partial charge in [-0.05, 0) is 35.9 Å². The molecule has 5 nitrogen and oxygen atoms in total. The van der Waals surface area contributed by atoms with Crippen LogP contribution in [0.4, 0.5) is 22.4 Å². The molecular weight excluding hydrogens is 448 g/mol. The summed E-state index contributed by atoms with van der Waals surface area (Å²) >= 11 is 0. The van der Waals surface area contributed by atoms with Crippen molar-refractivity contribution in [2.75, 3.05) is 19.6 Å². The van der Waals surface area contributed by atoms with Gasteiger partial charge in [-0.2, -0.15) is 13.2 Å². The van der Waals surface area contributed by atoms with Crippen LogP contribution < -0.4 is 9.88 Å². The van der Waals surface area contributed by atoms with E-state index in [2.05, 4.69) is 5.32 Å². The second kappa shape index (κ2) is 8.48. The summed E-state index contributed by atoms with van der Waals surface area (Å²) in [5.41, 5.74) is 1.85. The maximum atomic E-state index is 13.4. The van der Waals surface area contributed by atoms with Crippen LogP contribution in [0.3, 0.4) is 0 Å². The van der Waals surface area contributed by atoms with E-state index in [1.165, 1.54) is 18.2 Å². The van der Waals surface area contributed by atoms with Gasteiger partial charge < -0.3 is 14.8 Å². The smallest absolute Gasteiger partial charge is 0.336 e. The molecule has 2 aromatic carbocycles. The van der Waals surface area contributed by atoms with E-state index in [-0.39, 0.29) is 6.03 Å². The minimum atomic E-state index is -4.47. The second-order valence-corrected chi connectivity index (χ2v) is 8.16. The zero-order chi connectivity index (χ0) is 23.9. The highest BCUT2D eigenvalue weighted by molar-refractivity contribution is 5.97. The first kappa shape index (κ1) is 21.9. The normalized spacial score (nSPS) is 14.1. The number of rotatable bonds is 5. The van der Waals surface area contributed by atoms with Crippen LogP contribution in [0.15, 0.2) is 73.2 Å². The largest absolute Gasteiger partial charge is 0.416 e. The molecule has 0 aliphatic carbocycles. The van der Waals surface area contributed by atoms with Gasteiger partial charge in [0.2, 0.25) is 0 Å². The van der Waals surface area contributed by atoms with Crippen molar-refractivity contribution in [2.45, 2.75) is 12.7 Å². The third-order valence-corrected chi connectivity index (χ3v) is 6.01. The van der Waals surface area contributed by atoms with Gasteiger partial charge in [0, 0.05) is 42.4 Å². The number of carbonyl (C=O) groups is 1. The number of halogens is 4. The number of nitrogens with zero attached hydrogens (tertiary/aromatic N) is 3. The van der Waals surface area contributed by atoms with Gasteiger partial charge in [0.15, 0.2) is 18.9 Å². The van der Waals surface area contributed by atoms with Crippen molar-refractivity contribution in [2.24, 2.45) is 0 Å². The Morgan fingerprint density at radius 2 is 1.74 bits per heavy atom. The van der Waals surface area contributed by atoms with Gasteiger partial charge in [-0.15, -0.1) is 0 Å². The number of fused-ring (bicyclic) bond motifs is 1. The Morgan fingerprint density at radius 3 is 2.38 bits per heavy atom. The lowest BCUT2D eigenvalue weighted by atomic mass is 10.0. The van der Waals surface area contributed by atoms with Gasteiger partial charge in [-0.25, -0.2) is 13.8 Å². The Kier molecular flexibility index (Phi) is 5.47. The Morgan fingerprint density at radius 1 is 1.00 bits per heavy atom. The molecule has 174 valence electrons. The number of urea groups is 1. The van der Waals surface area contributed by atoms with E-state index in [1.54, 1.807) is 23.2 Å². The third kappa shape index (κ3) is 4.21. The number of aromatic nitrogens is 2. The van der Waals surface area contributed by atoms with E-state index in [9.17, 15) is 22.4 Å². The predicted molar refractivity (Wildman–Crippen MR) is 119 cm³/mol. The monoisotopic (exact) mass is 469 g/mol. The molecule has 34 heavy (non-hydrogen) atoms. The van der Waals surface area contributed by atoms with Gasteiger partial charge >= 0.3 is 12.2 Å². The summed E-state index contributed by atoms with van der Waals surface area (Å²) < 4.78 is 57.4. The van der Waals surface area contributed by atoms with Crippen molar-refractivity contribution in [1.82, 2.24) is 14.8 Å². The SMILES string of the molecule is O=C1NCCN1CC[n+]1ccc(-n2cc(-c3ccc(F)cc3)c3cc(C(F)(F)F)ccc32)cc1. The van der Waals surface area contributed by atoms with Crippen LogP contribution in [0.1, 0.15) is 5.56 Å². The first-order chi connectivity index (χ1) is 16.3. The molecule has 1 N–H and O–H groups in total. The van der Waals surface area contributed by atoms with E-state index in [4.69, 9.17) is 0 Å². The quantitative estimate of drug-likeness (QED) is 0.332. The van der Waals surface area contributed by atoms with Gasteiger partial charge in [0.05, 0.1) is 23.3 Å². The number of amides is 2. The molecule has 0 radical (unpaired) electrons. The summed E-state index contributed by atoms with van der Waals surface area (Å²) in [7, 11) is 0. The molecule has 0 saturated carbocycles. The van der Waals surface area contributed by atoms with Crippen molar-refractivity contribution in [1.29, 1.82) is 0 Å². The minimum absolute atomic E-state index is 0.0671. The molecule has 9 heteroatoms. The van der Waals surface area contributed by atoms with Crippen LogP contribution in [-0.4, -0.2) is 35.1 Å². The fraction of sp³-hybridized carbons (Fsp3) is 0.200. The molecular formula is C25H21F4N4O+. The van der Waals surface area contributed by atoms with Crippen LogP contribution in [0, 0.1) is 5.82 Å². The number of alkyl halides is 3. The summed E-state index contributed by atoms with van der Waals surface area (Å²) in [6.45, 7) is 2.53. The Bertz CT molecular complexity index is 1340. The molecule has 5 rings (SSSR count). The summed E-state index contributed by atoms with van der Waals surface area (Å²) in [6, 6.07) is 13.0. The maximum absolute atomic E-state index is 13.4. The zero-order valence-corrected chi connectivity index (χ0v) is 18.0. The molecule has 0 unspecified atom stereocenters. The Balaban J connectivity index is 1.51. The molecule has 1 aliphatic rings. The second-order valence-electron chi connectivity index (χ2n) is 8.16. The number of benzene rings is 2. The molecule has 3 heterocycles. The number of hydrogen-bond donors (Lipinski definition) is 1. The first-order valence-corrected chi connectivity index (χ1v) is 10.8. The number of carbonyl (C=O) groups excluding carboxylic acids is 1. The van der Waals surface area contributed by atoms with Crippen LogP contribution >= 0.6 is 0 Å². The van der Waals surface area contributed by atoms with E-state index < -0.39 is 17.6 Å². The van der Waals surface area contributed by atoms with Crippen LogP contribution in [0.2, 0.25) is 0 Å². The summed E-state index contributed by atoms with van der Waals surface area (Å²) in [5, 5.41) is 3.20. The predicted octanol–water partition coefficient (Wildman–Crippen LogP) is 4.77. The van der Waals surface area contributed by atoms with Crippen LogP contribution in [0.5, 0.6) is 0 Å². The number of hydrogen-bond acceptors (Lipinski definition) is 1. The van der Waals surface area contributed by atoms with Crippen LogP contribution in [-0.2, 0) is 12.7 Å². The standard InChI is InChI=1S/C25H20F4N4O/c26-19-4-1-17(2-5-19)22-16-33(23-6-3-18(15-21(22)23)25(27,28)29)20-7-10-31(11-8-20)13-14-32-12-9-30-24(32)34/h1-8,10-11,15-16H,9,12-14H2/p+1. The molecule has 1 fully saturated rings.